The molecular formula is C24H32BN2O10PS. The predicted molar refractivity (Wildman–Crippen MR) is 144 cm³/mol. The van der Waals surface area contributed by atoms with E-state index in [1.54, 1.807) is 0 Å². The number of imide groups is 1. The van der Waals surface area contributed by atoms with E-state index in [2.05, 4.69) is 5.32 Å². The average molecular weight is 582 g/mol. The first-order valence-electron chi connectivity index (χ1n) is 12.5. The van der Waals surface area contributed by atoms with Crippen molar-refractivity contribution < 1.29 is 47.3 Å². The lowest BCUT2D eigenvalue weighted by molar-refractivity contribution is -0.137. The molecule has 2 aliphatic rings. The summed E-state index contributed by atoms with van der Waals surface area (Å²) in [6, 6.07) is 8.82. The molecule has 0 aliphatic carbocycles. The first kappa shape index (κ1) is 30.9. The van der Waals surface area contributed by atoms with Crippen molar-refractivity contribution in [1.82, 2.24) is 10.2 Å². The highest BCUT2D eigenvalue weighted by atomic mass is 32.5. The van der Waals surface area contributed by atoms with Crippen LogP contribution in [0.4, 0.5) is 4.79 Å². The SMILES string of the molecule is B[C@@H]1O[C@H](COC(=O)OCc2ccccc2)C(OP(O)(=S)OC)[C@@H]1CCCNC(=O)CCN1C(=O)C=CC1=O. The van der Waals surface area contributed by atoms with E-state index in [0.717, 1.165) is 10.5 Å². The van der Waals surface area contributed by atoms with Crippen LogP contribution in [0.1, 0.15) is 24.8 Å². The number of amides is 3. The Morgan fingerprint density at radius 2 is 1.87 bits per heavy atom. The molecule has 15 heteroatoms. The molecule has 212 valence electrons. The second-order valence-electron chi connectivity index (χ2n) is 9.00. The van der Waals surface area contributed by atoms with Gasteiger partial charge in [0, 0.05) is 50.7 Å². The highest BCUT2D eigenvalue weighted by Gasteiger charge is 2.45. The first-order valence-corrected chi connectivity index (χ1v) is 15.0. The molecule has 2 N–H and O–H groups in total. The molecule has 2 unspecified atom stereocenters. The van der Waals surface area contributed by atoms with Crippen LogP contribution in [0.2, 0.25) is 0 Å². The predicted octanol–water partition coefficient (Wildman–Crippen LogP) is 0.774. The van der Waals surface area contributed by atoms with Crippen LogP contribution in [0.3, 0.4) is 0 Å². The Morgan fingerprint density at radius 3 is 2.54 bits per heavy atom. The normalized spacial score (nSPS) is 24.0. The van der Waals surface area contributed by atoms with Gasteiger partial charge in [0.1, 0.15) is 33.3 Å². The van der Waals surface area contributed by atoms with Gasteiger partial charge in [0.05, 0.1) is 0 Å². The summed E-state index contributed by atoms with van der Waals surface area (Å²) in [7, 11) is 3.08. The molecule has 39 heavy (non-hydrogen) atoms. The van der Waals surface area contributed by atoms with Crippen LogP contribution in [-0.4, -0.2) is 86.5 Å². The number of rotatable bonds is 14. The van der Waals surface area contributed by atoms with E-state index in [-0.39, 0.29) is 44.0 Å². The summed E-state index contributed by atoms with van der Waals surface area (Å²) in [5.74, 6) is -1.40. The molecular weight excluding hydrogens is 550 g/mol. The van der Waals surface area contributed by atoms with E-state index in [4.69, 9.17) is 35.1 Å². The van der Waals surface area contributed by atoms with Crippen molar-refractivity contribution in [2.45, 2.75) is 44.1 Å². The quantitative estimate of drug-likeness (QED) is 0.105. The number of carbonyl (C=O) groups excluding carboxylic acids is 4. The number of benzene rings is 1. The van der Waals surface area contributed by atoms with E-state index >= 15 is 0 Å². The maximum Gasteiger partial charge on any atom is 0.508 e. The maximum absolute atomic E-state index is 12.2. The Bertz CT molecular complexity index is 1090. The molecule has 2 heterocycles. The number of hydrogen-bond acceptors (Lipinski definition) is 10. The van der Waals surface area contributed by atoms with Gasteiger partial charge in [-0.25, -0.2) is 4.79 Å². The van der Waals surface area contributed by atoms with Crippen molar-refractivity contribution >= 4 is 50.2 Å². The monoisotopic (exact) mass is 582 g/mol. The summed E-state index contributed by atoms with van der Waals surface area (Å²) in [6.45, 7) is -3.35. The highest BCUT2D eigenvalue weighted by molar-refractivity contribution is 8.07. The van der Waals surface area contributed by atoms with Gasteiger partial charge in [-0.2, -0.15) is 0 Å². The molecule has 0 spiro atoms. The second kappa shape index (κ2) is 14.7. The summed E-state index contributed by atoms with van der Waals surface area (Å²) in [5, 5.41) is 2.76. The van der Waals surface area contributed by atoms with Crippen LogP contribution in [0.25, 0.3) is 0 Å². The van der Waals surface area contributed by atoms with Crippen LogP contribution >= 0.6 is 6.72 Å². The topological polar surface area (TPSA) is 150 Å². The third-order valence-electron chi connectivity index (χ3n) is 6.33. The van der Waals surface area contributed by atoms with Gasteiger partial charge in [0.25, 0.3) is 11.8 Å². The van der Waals surface area contributed by atoms with Crippen molar-refractivity contribution in [3.63, 3.8) is 0 Å². The van der Waals surface area contributed by atoms with Crippen LogP contribution in [0.15, 0.2) is 42.5 Å². The summed E-state index contributed by atoms with van der Waals surface area (Å²) in [4.78, 5) is 58.8. The lowest BCUT2D eigenvalue weighted by Crippen LogP contribution is -2.36. The second-order valence-corrected chi connectivity index (χ2v) is 11.9. The summed E-state index contributed by atoms with van der Waals surface area (Å²) in [5.41, 5.74) is 0.810. The van der Waals surface area contributed by atoms with Crippen LogP contribution in [0, 0.1) is 5.92 Å². The standard InChI is InChI=1S/C24H32BN2O10PS/c1-33-38(32,39)37-22-17(8-5-12-26-19(28)11-13-27-20(29)9-10-21(27)30)23(25)36-18(22)15-35-24(31)34-14-16-6-3-2-4-7-16/h2-4,6-7,9-10,17-18,22-23H,5,8,11-15,25H2,1H3,(H,26,28)(H,32,39)/t17-,18+,22?,23+,38?/m0/s1. The van der Waals surface area contributed by atoms with E-state index in [0.29, 0.717) is 19.4 Å². The van der Waals surface area contributed by atoms with Gasteiger partial charge < -0.3 is 33.5 Å². The Kier molecular flexibility index (Phi) is 11.6. The number of carbonyl (C=O) groups is 4. The van der Waals surface area contributed by atoms with Crippen molar-refractivity contribution in [2.75, 3.05) is 26.8 Å². The van der Waals surface area contributed by atoms with Crippen molar-refractivity contribution in [3.05, 3.63) is 48.0 Å². The van der Waals surface area contributed by atoms with E-state index in [9.17, 15) is 24.1 Å². The Labute approximate surface area is 232 Å². The van der Waals surface area contributed by atoms with Gasteiger partial charge in [-0.05, 0) is 30.2 Å². The lowest BCUT2D eigenvalue weighted by Gasteiger charge is -2.27. The molecule has 12 nitrogen and oxygen atoms in total. The molecule has 5 atom stereocenters. The van der Waals surface area contributed by atoms with Crippen molar-refractivity contribution in [2.24, 2.45) is 5.92 Å². The number of nitrogens with zero attached hydrogens (tertiary/aromatic N) is 1. The molecule has 1 saturated heterocycles. The molecule has 1 fully saturated rings. The fourth-order valence-electron chi connectivity index (χ4n) is 4.30. The Morgan fingerprint density at radius 1 is 1.18 bits per heavy atom. The molecule has 3 amide bonds. The average Bonchev–Trinajstić information content (AvgIpc) is 3.39. The number of ether oxygens (including phenoxy) is 3. The van der Waals surface area contributed by atoms with E-state index < -0.39 is 36.9 Å². The largest absolute Gasteiger partial charge is 0.508 e. The van der Waals surface area contributed by atoms with Gasteiger partial charge in [0.2, 0.25) is 5.91 Å². The molecule has 2 aliphatic heterocycles. The Balaban J connectivity index is 1.46. The van der Waals surface area contributed by atoms with Crippen molar-refractivity contribution in [3.8, 4) is 0 Å². The van der Waals surface area contributed by atoms with Crippen LogP contribution in [-0.2, 0) is 56.1 Å². The lowest BCUT2D eigenvalue weighted by atomic mass is 9.82. The van der Waals surface area contributed by atoms with Crippen LogP contribution < -0.4 is 5.32 Å². The third-order valence-corrected chi connectivity index (χ3v) is 8.01. The third kappa shape index (κ3) is 9.52. The van der Waals surface area contributed by atoms with Crippen LogP contribution in [0.5, 0.6) is 0 Å². The summed E-state index contributed by atoms with van der Waals surface area (Å²) < 4.78 is 27.0. The molecule has 1 aromatic rings. The van der Waals surface area contributed by atoms with E-state index in [1.165, 1.54) is 19.3 Å². The van der Waals surface area contributed by atoms with Gasteiger partial charge in [-0.3, -0.25) is 19.3 Å². The van der Waals surface area contributed by atoms with Gasteiger partial charge in [-0.1, -0.05) is 30.3 Å². The molecule has 0 bridgehead atoms. The molecule has 3 rings (SSSR count). The fraction of sp³-hybridized carbons (Fsp3) is 0.500. The van der Waals surface area contributed by atoms with Gasteiger partial charge >= 0.3 is 12.9 Å². The molecule has 1 aromatic carbocycles. The number of hydrogen-bond donors (Lipinski definition) is 2. The van der Waals surface area contributed by atoms with E-state index in [1.807, 2.05) is 38.2 Å². The number of nitrogens with one attached hydrogen (secondary N) is 1. The maximum atomic E-state index is 12.2. The minimum absolute atomic E-state index is 0.00503. The molecule has 0 aromatic heterocycles. The summed E-state index contributed by atoms with van der Waals surface area (Å²) in [6.07, 6.45) is 1.09. The molecule has 0 radical (unpaired) electrons. The van der Waals surface area contributed by atoms with Gasteiger partial charge in [-0.15, -0.1) is 0 Å². The van der Waals surface area contributed by atoms with Crippen molar-refractivity contribution in [1.29, 1.82) is 0 Å². The Hall–Kier alpha value is -2.61. The molecule has 0 saturated carbocycles. The zero-order chi connectivity index (χ0) is 28.4. The smallest absolute Gasteiger partial charge is 0.431 e. The zero-order valence-electron chi connectivity index (χ0n) is 21.7. The van der Waals surface area contributed by atoms with Gasteiger partial charge in [0.15, 0.2) is 0 Å². The minimum atomic E-state index is -3.56. The highest BCUT2D eigenvalue weighted by Crippen LogP contribution is 2.48. The summed E-state index contributed by atoms with van der Waals surface area (Å²) >= 11 is 5.04. The fourth-order valence-corrected chi connectivity index (χ4v) is 5.28. The minimum Gasteiger partial charge on any atom is -0.431 e. The first-order chi connectivity index (χ1) is 18.6. The zero-order valence-corrected chi connectivity index (χ0v) is 23.4.